The van der Waals surface area contributed by atoms with Crippen molar-refractivity contribution in [3.63, 3.8) is 0 Å². The first kappa shape index (κ1) is 10.1. The predicted molar refractivity (Wildman–Crippen MR) is 63.6 cm³/mol. The molecule has 1 aromatic heterocycles. The minimum absolute atomic E-state index is 0.0954. The molecule has 0 aromatic carbocycles. The fourth-order valence-corrected chi connectivity index (χ4v) is 2.69. The Morgan fingerprint density at radius 3 is 3.19 bits per heavy atom. The van der Waals surface area contributed by atoms with Crippen LogP contribution in [0.2, 0.25) is 0 Å². The van der Waals surface area contributed by atoms with Crippen LogP contribution in [-0.4, -0.2) is 32.4 Å². The Kier molecular flexibility index (Phi) is 2.35. The normalized spacial score (nSPS) is 27.2. The largest absolute Gasteiger partial charge is 0.353 e. The SMILES string of the molecule is CCNc1nc2n(n1)CC1CCC(Cl)C1=N2. The molecule has 16 heavy (non-hydrogen) atoms. The van der Waals surface area contributed by atoms with Gasteiger partial charge in [0.05, 0.1) is 11.9 Å². The molecule has 1 saturated carbocycles. The lowest BCUT2D eigenvalue weighted by molar-refractivity contribution is 0.498. The Bertz CT molecular complexity index is 438. The summed E-state index contributed by atoms with van der Waals surface area (Å²) in [4.78, 5) is 8.86. The van der Waals surface area contributed by atoms with Crippen molar-refractivity contribution < 1.29 is 0 Å². The average Bonchev–Trinajstić information content (AvgIpc) is 2.80. The van der Waals surface area contributed by atoms with Crippen LogP contribution < -0.4 is 5.32 Å². The first-order chi connectivity index (χ1) is 7.78. The van der Waals surface area contributed by atoms with E-state index < -0.39 is 0 Å². The minimum Gasteiger partial charge on any atom is -0.353 e. The number of nitrogens with one attached hydrogen (secondary N) is 1. The first-order valence-corrected chi connectivity index (χ1v) is 6.13. The molecule has 86 valence electrons. The highest BCUT2D eigenvalue weighted by Gasteiger charge is 2.35. The van der Waals surface area contributed by atoms with Crippen LogP contribution in [0.4, 0.5) is 11.9 Å². The number of rotatable bonds is 2. The summed E-state index contributed by atoms with van der Waals surface area (Å²) < 4.78 is 1.88. The van der Waals surface area contributed by atoms with Gasteiger partial charge < -0.3 is 5.32 Å². The van der Waals surface area contributed by atoms with Gasteiger partial charge in [-0.3, -0.25) is 0 Å². The van der Waals surface area contributed by atoms with E-state index in [1.165, 1.54) is 0 Å². The molecule has 1 aromatic rings. The molecule has 3 rings (SSSR count). The topological polar surface area (TPSA) is 55.1 Å². The summed E-state index contributed by atoms with van der Waals surface area (Å²) in [5.74, 6) is 1.81. The number of fused-ring (bicyclic) bond motifs is 2. The Labute approximate surface area is 98.9 Å². The summed E-state index contributed by atoms with van der Waals surface area (Å²) in [6, 6.07) is 0. The van der Waals surface area contributed by atoms with Gasteiger partial charge >= 0.3 is 0 Å². The first-order valence-electron chi connectivity index (χ1n) is 5.69. The molecule has 2 unspecified atom stereocenters. The molecule has 1 N–H and O–H groups in total. The number of halogens is 1. The summed E-state index contributed by atoms with van der Waals surface area (Å²) in [5.41, 5.74) is 1.10. The maximum atomic E-state index is 6.22. The predicted octanol–water partition coefficient (Wildman–Crippen LogP) is 1.81. The molecule has 1 aliphatic carbocycles. The van der Waals surface area contributed by atoms with Crippen molar-refractivity contribution in [1.82, 2.24) is 14.8 Å². The van der Waals surface area contributed by atoms with E-state index in [4.69, 9.17) is 11.6 Å². The van der Waals surface area contributed by atoms with Gasteiger partial charge in [-0.25, -0.2) is 9.67 Å². The molecule has 0 saturated heterocycles. The Morgan fingerprint density at radius 2 is 2.38 bits per heavy atom. The van der Waals surface area contributed by atoms with Gasteiger partial charge in [-0.1, -0.05) is 0 Å². The summed E-state index contributed by atoms with van der Waals surface area (Å²) in [6.07, 6.45) is 2.14. The van der Waals surface area contributed by atoms with Crippen molar-refractivity contribution in [2.24, 2.45) is 10.9 Å². The average molecular weight is 240 g/mol. The van der Waals surface area contributed by atoms with Crippen molar-refractivity contribution in [3.05, 3.63) is 0 Å². The summed E-state index contributed by atoms with van der Waals surface area (Å²) in [5, 5.41) is 7.56. The lowest BCUT2D eigenvalue weighted by Gasteiger charge is -2.17. The molecule has 1 aliphatic heterocycles. The molecule has 6 heteroatoms. The third-order valence-corrected chi connectivity index (χ3v) is 3.56. The Balaban J connectivity index is 1.94. The van der Waals surface area contributed by atoms with Crippen LogP contribution in [0, 0.1) is 5.92 Å². The quantitative estimate of drug-likeness (QED) is 0.801. The molecule has 0 bridgehead atoms. The van der Waals surface area contributed by atoms with Gasteiger partial charge in [0.2, 0.25) is 11.9 Å². The van der Waals surface area contributed by atoms with E-state index in [0.717, 1.165) is 31.6 Å². The van der Waals surface area contributed by atoms with Gasteiger partial charge in [-0.2, -0.15) is 4.98 Å². The van der Waals surface area contributed by atoms with Gasteiger partial charge in [-0.15, -0.1) is 16.7 Å². The zero-order valence-corrected chi connectivity index (χ0v) is 9.91. The highest BCUT2D eigenvalue weighted by Crippen LogP contribution is 2.34. The molecule has 0 radical (unpaired) electrons. The third-order valence-electron chi connectivity index (χ3n) is 3.12. The molecular weight excluding hydrogens is 226 g/mol. The number of alkyl halides is 1. The van der Waals surface area contributed by atoms with E-state index in [-0.39, 0.29) is 5.38 Å². The molecule has 5 nitrogen and oxygen atoms in total. The zero-order chi connectivity index (χ0) is 11.1. The maximum Gasteiger partial charge on any atom is 0.249 e. The van der Waals surface area contributed by atoms with Crippen LogP contribution in [0.25, 0.3) is 0 Å². The number of anilines is 1. The minimum atomic E-state index is 0.0954. The van der Waals surface area contributed by atoms with Crippen molar-refractivity contribution in [1.29, 1.82) is 0 Å². The van der Waals surface area contributed by atoms with E-state index in [2.05, 4.69) is 20.4 Å². The standard InChI is InChI=1S/C10H14ClN5/c1-2-12-9-14-10-13-8-6(3-4-7(8)11)5-16(10)15-9/h6-7H,2-5H2,1H3,(H,12,15). The van der Waals surface area contributed by atoms with Crippen LogP contribution in [0.1, 0.15) is 19.8 Å². The van der Waals surface area contributed by atoms with Crippen molar-refractivity contribution >= 4 is 29.2 Å². The number of aliphatic imine (C=N–C) groups is 1. The van der Waals surface area contributed by atoms with Crippen molar-refractivity contribution in [2.75, 3.05) is 11.9 Å². The second-order valence-corrected chi connectivity index (χ2v) is 4.75. The molecular formula is C10H14ClN5. The maximum absolute atomic E-state index is 6.22. The van der Waals surface area contributed by atoms with Gasteiger partial charge in [0.25, 0.3) is 0 Å². The van der Waals surface area contributed by atoms with E-state index in [1.54, 1.807) is 0 Å². The summed E-state index contributed by atoms with van der Waals surface area (Å²) in [6.45, 7) is 3.72. The van der Waals surface area contributed by atoms with Crippen LogP contribution in [-0.2, 0) is 6.54 Å². The fraction of sp³-hybridized carbons (Fsp3) is 0.700. The summed E-state index contributed by atoms with van der Waals surface area (Å²) >= 11 is 6.22. The number of hydrogen-bond donors (Lipinski definition) is 1. The van der Waals surface area contributed by atoms with Gasteiger partial charge in [0, 0.05) is 18.2 Å². The molecule has 2 atom stereocenters. The second-order valence-electron chi connectivity index (χ2n) is 4.23. The third kappa shape index (κ3) is 1.50. The van der Waals surface area contributed by atoms with E-state index in [1.807, 2.05) is 11.6 Å². The molecule has 0 spiro atoms. The van der Waals surface area contributed by atoms with E-state index in [9.17, 15) is 0 Å². The van der Waals surface area contributed by atoms with Crippen molar-refractivity contribution in [2.45, 2.75) is 31.7 Å². The van der Waals surface area contributed by atoms with Gasteiger partial charge in [-0.05, 0) is 19.8 Å². The van der Waals surface area contributed by atoms with Crippen LogP contribution in [0.3, 0.4) is 0 Å². The van der Waals surface area contributed by atoms with E-state index in [0.29, 0.717) is 17.8 Å². The fourth-order valence-electron chi connectivity index (χ4n) is 2.34. The lowest BCUT2D eigenvalue weighted by atomic mass is 10.1. The van der Waals surface area contributed by atoms with Crippen LogP contribution in [0.15, 0.2) is 4.99 Å². The van der Waals surface area contributed by atoms with Gasteiger partial charge in [0.1, 0.15) is 0 Å². The summed E-state index contributed by atoms with van der Waals surface area (Å²) in [7, 11) is 0. The Morgan fingerprint density at radius 1 is 1.50 bits per heavy atom. The highest BCUT2D eigenvalue weighted by atomic mass is 35.5. The highest BCUT2D eigenvalue weighted by molar-refractivity contribution is 6.33. The number of hydrogen-bond acceptors (Lipinski definition) is 4. The van der Waals surface area contributed by atoms with Crippen LogP contribution in [0.5, 0.6) is 0 Å². The Hall–Kier alpha value is -1.10. The molecule has 0 amide bonds. The zero-order valence-electron chi connectivity index (χ0n) is 9.15. The van der Waals surface area contributed by atoms with Gasteiger partial charge in [0.15, 0.2) is 0 Å². The molecule has 2 heterocycles. The smallest absolute Gasteiger partial charge is 0.249 e. The monoisotopic (exact) mass is 239 g/mol. The van der Waals surface area contributed by atoms with Crippen molar-refractivity contribution in [3.8, 4) is 0 Å². The molecule has 2 aliphatic rings. The lowest BCUT2D eigenvalue weighted by Crippen LogP contribution is -2.24. The number of nitrogens with zero attached hydrogens (tertiary/aromatic N) is 4. The second kappa shape index (κ2) is 3.73. The van der Waals surface area contributed by atoms with E-state index >= 15 is 0 Å². The molecule has 1 fully saturated rings. The van der Waals surface area contributed by atoms with Crippen LogP contribution >= 0.6 is 11.6 Å². The number of aromatic nitrogens is 3.